The fourth-order valence-electron chi connectivity index (χ4n) is 1.37. The lowest BCUT2D eigenvalue weighted by Crippen LogP contribution is -2.39. The first-order valence-electron chi connectivity index (χ1n) is 3.42. The van der Waals surface area contributed by atoms with Crippen molar-refractivity contribution in [1.82, 2.24) is 0 Å². The molecule has 9 heavy (non-hydrogen) atoms. The van der Waals surface area contributed by atoms with Gasteiger partial charge in [-0.3, -0.25) is 0 Å². The van der Waals surface area contributed by atoms with Crippen LogP contribution in [-0.2, 0) is 4.74 Å². The molecule has 0 aromatic rings. The van der Waals surface area contributed by atoms with Gasteiger partial charge in [0.25, 0.3) is 0 Å². The van der Waals surface area contributed by atoms with Gasteiger partial charge in [0.15, 0.2) is 0 Å². The summed E-state index contributed by atoms with van der Waals surface area (Å²) in [5.74, 6) is 6.85. The first kappa shape index (κ1) is 5.32. The molecule has 1 nitrogen and oxygen atoms in total. The summed E-state index contributed by atoms with van der Waals surface area (Å²) in [6, 6.07) is 0. The Balaban J connectivity index is 2.20. The third-order valence-corrected chi connectivity index (χ3v) is 2.35. The van der Waals surface area contributed by atoms with Crippen LogP contribution < -0.4 is 0 Å². The summed E-state index contributed by atoms with van der Waals surface area (Å²) in [6.07, 6.45) is 1.13. The van der Waals surface area contributed by atoms with E-state index in [4.69, 9.17) is 4.74 Å². The number of fused-ring (bicyclic) bond motifs is 1. The highest BCUT2D eigenvalue weighted by Gasteiger charge is 2.39. The Morgan fingerprint density at radius 3 is 2.89 bits per heavy atom. The highest BCUT2D eigenvalue weighted by atomic mass is 16.5. The second kappa shape index (κ2) is 1.52. The molecular weight excluding hydrogens is 112 g/mol. The predicted octanol–water partition coefficient (Wildman–Crippen LogP) is 1.05. The highest BCUT2D eigenvalue weighted by Crippen LogP contribution is 2.39. The van der Waals surface area contributed by atoms with Crippen molar-refractivity contribution < 1.29 is 4.74 Å². The van der Waals surface area contributed by atoms with Gasteiger partial charge in [-0.2, -0.15) is 0 Å². The lowest BCUT2D eigenvalue weighted by Gasteiger charge is -2.39. The molecule has 2 rings (SSSR count). The van der Waals surface area contributed by atoms with Crippen molar-refractivity contribution in [2.24, 2.45) is 11.3 Å². The van der Waals surface area contributed by atoms with E-state index in [1.807, 2.05) is 0 Å². The lowest BCUT2D eigenvalue weighted by molar-refractivity contribution is 0.00965. The summed E-state index contributed by atoms with van der Waals surface area (Å²) < 4.78 is 5.27. The van der Waals surface area contributed by atoms with Crippen LogP contribution in [0.4, 0.5) is 0 Å². The van der Waals surface area contributed by atoms with Gasteiger partial charge in [-0.25, -0.2) is 0 Å². The van der Waals surface area contributed by atoms with Gasteiger partial charge in [0, 0.05) is 12.0 Å². The lowest BCUT2D eigenvalue weighted by atomic mass is 9.68. The largest absolute Gasteiger partial charge is 0.380 e. The van der Waals surface area contributed by atoms with Gasteiger partial charge >= 0.3 is 0 Å². The van der Waals surface area contributed by atoms with Gasteiger partial charge in [-0.1, -0.05) is 11.8 Å². The molecule has 0 spiro atoms. The Hall–Kier alpha value is -0.480. The van der Waals surface area contributed by atoms with Crippen LogP contribution in [0.3, 0.4) is 0 Å². The molecule has 48 valence electrons. The average Bonchev–Trinajstić information content (AvgIpc) is 1.82. The van der Waals surface area contributed by atoms with Crippen LogP contribution in [-0.4, -0.2) is 13.2 Å². The van der Waals surface area contributed by atoms with Gasteiger partial charge < -0.3 is 4.74 Å². The maximum absolute atomic E-state index is 5.27. The van der Waals surface area contributed by atoms with E-state index >= 15 is 0 Å². The van der Waals surface area contributed by atoms with Crippen molar-refractivity contribution in [3.8, 4) is 11.8 Å². The van der Waals surface area contributed by atoms with Gasteiger partial charge in [0.2, 0.25) is 0 Å². The van der Waals surface area contributed by atoms with Crippen LogP contribution in [0, 0.1) is 23.2 Å². The minimum Gasteiger partial charge on any atom is -0.380 e. The minimum absolute atomic E-state index is 0.332. The average molecular weight is 122 g/mol. The Kier molecular flexibility index (Phi) is 0.896. The SMILES string of the molecule is C[C@]12C#C[C@H]1COCC2. The van der Waals surface area contributed by atoms with Gasteiger partial charge in [-0.15, -0.1) is 0 Å². The van der Waals surface area contributed by atoms with Crippen molar-refractivity contribution in [2.75, 3.05) is 13.2 Å². The fourth-order valence-corrected chi connectivity index (χ4v) is 1.37. The first-order chi connectivity index (χ1) is 4.31. The number of hydrogen-bond donors (Lipinski definition) is 0. The van der Waals surface area contributed by atoms with E-state index in [1.165, 1.54) is 0 Å². The molecule has 0 unspecified atom stereocenters. The van der Waals surface area contributed by atoms with Gasteiger partial charge in [0.05, 0.1) is 12.5 Å². The number of hydrogen-bond acceptors (Lipinski definition) is 1. The van der Waals surface area contributed by atoms with E-state index < -0.39 is 0 Å². The Bertz CT molecular complexity index is 186. The van der Waals surface area contributed by atoms with Crippen molar-refractivity contribution in [3.05, 3.63) is 0 Å². The molecule has 2 aliphatic rings. The maximum Gasteiger partial charge on any atom is 0.0618 e. The smallest absolute Gasteiger partial charge is 0.0618 e. The van der Waals surface area contributed by atoms with E-state index in [0.717, 1.165) is 19.6 Å². The zero-order valence-electron chi connectivity index (χ0n) is 5.61. The monoisotopic (exact) mass is 122 g/mol. The van der Waals surface area contributed by atoms with E-state index in [0.29, 0.717) is 11.3 Å². The predicted molar refractivity (Wildman–Crippen MR) is 34.8 cm³/mol. The molecule has 1 saturated heterocycles. The summed E-state index contributed by atoms with van der Waals surface area (Å²) in [5, 5.41) is 0. The standard InChI is InChI=1S/C8H10O/c1-8-3-2-7(8)6-9-5-4-8/h7H,4-6H2,1H3/t7-,8+/m0/s1. The van der Waals surface area contributed by atoms with Crippen molar-refractivity contribution in [1.29, 1.82) is 0 Å². The Morgan fingerprint density at radius 2 is 2.56 bits per heavy atom. The third-order valence-electron chi connectivity index (χ3n) is 2.35. The van der Waals surface area contributed by atoms with E-state index in [1.54, 1.807) is 0 Å². The quantitative estimate of drug-likeness (QED) is 0.436. The molecule has 1 fully saturated rings. The summed E-state index contributed by atoms with van der Waals surface area (Å²) in [6.45, 7) is 4.00. The zero-order chi connectivity index (χ0) is 6.32. The van der Waals surface area contributed by atoms with E-state index in [9.17, 15) is 0 Å². The van der Waals surface area contributed by atoms with Crippen molar-refractivity contribution >= 4 is 0 Å². The summed E-state index contributed by atoms with van der Waals surface area (Å²) >= 11 is 0. The van der Waals surface area contributed by atoms with E-state index in [-0.39, 0.29) is 0 Å². The first-order valence-corrected chi connectivity index (χ1v) is 3.42. The summed E-state index contributed by atoms with van der Waals surface area (Å²) in [4.78, 5) is 0. The van der Waals surface area contributed by atoms with Crippen LogP contribution in [0.5, 0.6) is 0 Å². The fraction of sp³-hybridized carbons (Fsp3) is 0.750. The Labute approximate surface area is 55.4 Å². The van der Waals surface area contributed by atoms with Crippen molar-refractivity contribution in [3.63, 3.8) is 0 Å². The highest BCUT2D eigenvalue weighted by molar-refractivity contribution is 5.29. The molecule has 1 aliphatic heterocycles. The maximum atomic E-state index is 5.27. The number of rotatable bonds is 0. The molecule has 0 radical (unpaired) electrons. The summed E-state index contributed by atoms with van der Waals surface area (Å²) in [5.41, 5.74) is 0.332. The summed E-state index contributed by atoms with van der Waals surface area (Å²) in [7, 11) is 0. The van der Waals surface area contributed by atoms with Crippen molar-refractivity contribution in [2.45, 2.75) is 13.3 Å². The minimum atomic E-state index is 0.332. The molecule has 2 atom stereocenters. The molecule has 1 aliphatic carbocycles. The second-order valence-corrected chi connectivity index (χ2v) is 3.06. The van der Waals surface area contributed by atoms with Crippen LogP contribution in [0.15, 0.2) is 0 Å². The van der Waals surface area contributed by atoms with Crippen LogP contribution in [0.1, 0.15) is 13.3 Å². The second-order valence-electron chi connectivity index (χ2n) is 3.06. The molecule has 0 N–H and O–H groups in total. The van der Waals surface area contributed by atoms with Gasteiger partial charge in [-0.05, 0) is 13.3 Å². The van der Waals surface area contributed by atoms with Gasteiger partial charge in [0.1, 0.15) is 0 Å². The van der Waals surface area contributed by atoms with E-state index in [2.05, 4.69) is 18.8 Å². The zero-order valence-corrected chi connectivity index (χ0v) is 5.61. The number of ether oxygens (including phenoxy) is 1. The Morgan fingerprint density at radius 1 is 1.67 bits per heavy atom. The van der Waals surface area contributed by atoms with Crippen LogP contribution >= 0.6 is 0 Å². The molecule has 1 heterocycles. The van der Waals surface area contributed by atoms with Crippen LogP contribution in [0.25, 0.3) is 0 Å². The topological polar surface area (TPSA) is 9.23 Å². The molecule has 0 aromatic carbocycles. The molecule has 0 saturated carbocycles. The third kappa shape index (κ3) is 0.601. The van der Waals surface area contributed by atoms with Crippen LogP contribution in [0.2, 0.25) is 0 Å². The molecule has 0 aromatic heterocycles. The molecule has 0 bridgehead atoms. The molecular formula is C8H10O. The molecule has 1 heteroatoms. The molecule has 0 amide bonds. The normalized spacial score (nSPS) is 46.1.